The van der Waals surface area contributed by atoms with Crippen molar-refractivity contribution in [2.75, 3.05) is 13.1 Å². The predicted octanol–water partition coefficient (Wildman–Crippen LogP) is 1.00. The van der Waals surface area contributed by atoms with Gasteiger partial charge in [-0.3, -0.25) is 0 Å². The maximum Gasteiger partial charge on any atom is 0.105 e. The second kappa shape index (κ2) is 6.01. The third-order valence-corrected chi connectivity index (χ3v) is 5.58. The van der Waals surface area contributed by atoms with Crippen LogP contribution in [0.4, 0.5) is 0 Å². The van der Waals surface area contributed by atoms with E-state index < -0.39 is 0 Å². The van der Waals surface area contributed by atoms with Gasteiger partial charge in [0.1, 0.15) is 13.1 Å². The molecule has 0 amide bonds. The van der Waals surface area contributed by atoms with Crippen molar-refractivity contribution in [2.45, 2.75) is 39.0 Å². The lowest BCUT2D eigenvalue weighted by molar-refractivity contribution is -0.951. The van der Waals surface area contributed by atoms with Gasteiger partial charge >= 0.3 is 0 Å². The summed E-state index contributed by atoms with van der Waals surface area (Å²) in [6.07, 6.45) is 4.06. The molecule has 2 nitrogen and oxygen atoms in total. The minimum atomic E-state index is 0. The highest BCUT2D eigenvalue weighted by atomic mass is 35.5. The molecule has 0 atom stereocenters. The molecular weight excluding hydrogens is 317 g/mol. The molecule has 118 valence electrons. The largest absolute Gasteiger partial charge is 1.00 e. The molecule has 0 radical (unpaired) electrons. The zero-order chi connectivity index (χ0) is 14.4. The quantitative estimate of drug-likeness (QED) is 0.770. The monoisotopic (exact) mass is 337 g/mol. The second-order valence-electron chi connectivity index (χ2n) is 6.68. The fourth-order valence-corrected chi connectivity index (χ4v) is 4.49. The molecule has 2 aromatic carbocycles. The van der Waals surface area contributed by atoms with Crippen molar-refractivity contribution in [3.63, 3.8) is 0 Å². The number of piperidine rings is 1. The van der Waals surface area contributed by atoms with Crippen LogP contribution in [0.1, 0.15) is 36.0 Å². The Bertz CT molecular complexity index is 708. The second-order valence-corrected chi connectivity index (χ2v) is 7.12. The molecule has 0 unspecified atom stereocenters. The number of benzene rings is 2. The first-order valence-corrected chi connectivity index (χ1v) is 8.27. The number of quaternary nitrogens is 1. The van der Waals surface area contributed by atoms with Crippen molar-refractivity contribution in [2.24, 2.45) is 0 Å². The van der Waals surface area contributed by atoms with Crippen molar-refractivity contribution in [1.82, 2.24) is 0 Å². The summed E-state index contributed by atoms with van der Waals surface area (Å²) in [4.78, 5) is 0. The molecule has 22 heavy (non-hydrogen) atoms. The zero-order valence-electron chi connectivity index (χ0n) is 12.6. The summed E-state index contributed by atoms with van der Waals surface area (Å²) < 4.78 is 1.20. The molecule has 1 fully saturated rings. The first-order chi connectivity index (χ1) is 10.2. The Labute approximate surface area is 142 Å². The van der Waals surface area contributed by atoms with E-state index in [-0.39, 0.29) is 19.0 Å². The Kier molecular flexibility index (Phi) is 4.39. The summed E-state index contributed by atoms with van der Waals surface area (Å²) in [5.74, 6) is 0. The van der Waals surface area contributed by atoms with E-state index in [2.05, 4.69) is 12.1 Å². The topological polar surface area (TPSA) is 20.2 Å². The number of aliphatic hydroxyl groups excluding tert-OH is 1. The predicted molar refractivity (Wildman–Crippen MR) is 86.1 cm³/mol. The van der Waals surface area contributed by atoms with Gasteiger partial charge in [-0.15, -0.1) is 0 Å². The molecule has 0 bridgehead atoms. The SMILES string of the molecule is OCc1c2c(cc3ccc(Cl)cc13)C[N+]1(CCCCC1)C2.[Cl-]. The molecule has 0 aliphatic carbocycles. The first kappa shape index (κ1) is 16.1. The molecular formula is C18H21Cl2NO. The van der Waals surface area contributed by atoms with Gasteiger partial charge in [0.15, 0.2) is 0 Å². The van der Waals surface area contributed by atoms with Crippen LogP contribution < -0.4 is 12.4 Å². The van der Waals surface area contributed by atoms with Crippen molar-refractivity contribution in [1.29, 1.82) is 0 Å². The number of halogens is 2. The minimum absolute atomic E-state index is 0. The van der Waals surface area contributed by atoms with E-state index in [0.717, 1.165) is 29.1 Å². The highest BCUT2D eigenvalue weighted by Crippen LogP contribution is 2.39. The number of hydrogen-bond donors (Lipinski definition) is 1. The van der Waals surface area contributed by atoms with E-state index in [4.69, 9.17) is 11.6 Å². The van der Waals surface area contributed by atoms with Gasteiger partial charge in [-0.2, -0.15) is 0 Å². The molecule has 4 heteroatoms. The Morgan fingerprint density at radius 1 is 1.05 bits per heavy atom. The molecule has 1 N–H and O–H groups in total. The lowest BCUT2D eigenvalue weighted by Gasteiger charge is -2.37. The molecule has 4 rings (SSSR count). The molecule has 0 aromatic heterocycles. The van der Waals surface area contributed by atoms with Gasteiger partial charge < -0.3 is 22.0 Å². The van der Waals surface area contributed by atoms with Gasteiger partial charge in [-0.05, 0) is 53.8 Å². The van der Waals surface area contributed by atoms with Crippen LogP contribution in [0.25, 0.3) is 10.8 Å². The lowest BCUT2D eigenvalue weighted by atomic mass is 9.96. The van der Waals surface area contributed by atoms with E-state index >= 15 is 0 Å². The van der Waals surface area contributed by atoms with E-state index in [1.165, 1.54) is 53.3 Å². The standard InChI is InChI=1S/C18H21ClNO.ClH/c19-15-5-4-13-8-14-10-20(6-2-1-3-7-20)11-17(14)18(12-21)16(13)9-15;/h4-5,8-9,21H,1-3,6-7,10-12H2;1H/q+1;/p-1. The van der Waals surface area contributed by atoms with E-state index in [1.54, 1.807) is 0 Å². The van der Waals surface area contributed by atoms with Gasteiger partial charge in [0, 0.05) is 16.1 Å². The van der Waals surface area contributed by atoms with Crippen molar-refractivity contribution in [3.8, 4) is 0 Å². The molecule has 2 aromatic rings. The Balaban J connectivity index is 0.00000144. The molecule has 1 saturated heterocycles. The summed E-state index contributed by atoms with van der Waals surface area (Å²) in [5, 5.41) is 13.0. The highest BCUT2D eigenvalue weighted by Gasteiger charge is 2.38. The van der Waals surface area contributed by atoms with E-state index in [9.17, 15) is 5.11 Å². The van der Waals surface area contributed by atoms with Crippen LogP contribution in [-0.2, 0) is 19.7 Å². The van der Waals surface area contributed by atoms with Gasteiger partial charge in [-0.1, -0.05) is 17.7 Å². The Morgan fingerprint density at radius 2 is 1.82 bits per heavy atom. The number of aliphatic hydroxyl groups is 1. The van der Waals surface area contributed by atoms with Crippen molar-refractivity contribution in [3.05, 3.63) is 46.0 Å². The summed E-state index contributed by atoms with van der Waals surface area (Å²) >= 11 is 6.16. The van der Waals surface area contributed by atoms with Crippen LogP contribution in [0.3, 0.4) is 0 Å². The summed E-state index contributed by atoms with van der Waals surface area (Å²) in [7, 11) is 0. The van der Waals surface area contributed by atoms with Crippen molar-refractivity contribution >= 4 is 22.4 Å². The van der Waals surface area contributed by atoms with E-state index in [0.29, 0.717) is 0 Å². The third kappa shape index (κ3) is 2.52. The maximum atomic E-state index is 9.93. The lowest BCUT2D eigenvalue weighted by Crippen LogP contribution is -3.00. The third-order valence-electron chi connectivity index (χ3n) is 5.34. The summed E-state index contributed by atoms with van der Waals surface area (Å²) in [5.41, 5.74) is 3.93. The zero-order valence-corrected chi connectivity index (χ0v) is 14.1. The van der Waals surface area contributed by atoms with Gasteiger partial charge in [-0.25, -0.2) is 0 Å². The molecule has 2 aliphatic heterocycles. The number of rotatable bonds is 1. The molecule has 1 spiro atoms. The van der Waals surface area contributed by atoms with Crippen LogP contribution in [0.15, 0.2) is 24.3 Å². The van der Waals surface area contributed by atoms with Gasteiger partial charge in [0.25, 0.3) is 0 Å². The number of hydrogen-bond acceptors (Lipinski definition) is 1. The van der Waals surface area contributed by atoms with Crippen LogP contribution in [0, 0.1) is 0 Å². The Morgan fingerprint density at radius 3 is 2.55 bits per heavy atom. The normalized spacial score (nSPS) is 19.2. The van der Waals surface area contributed by atoms with E-state index in [1.807, 2.05) is 12.1 Å². The number of fused-ring (bicyclic) bond motifs is 2. The molecule has 2 aliphatic rings. The average Bonchev–Trinajstić information content (AvgIpc) is 2.82. The fourth-order valence-electron chi connectivity index (χ4n) is 4.32. The Hall–Kier alpha value is -0.800. The summed E-state index contributed by atoms with van der Waals surface area (Å²) in [6, 6.07) is 8.34. The molecule has 0 saturated carbocycles. The highest BCUT2D eigenvalue weighted by molar-refractivity contribution is 6.31. The summed E-state index contributed by atoms with van der Waals surface area (Å²) in [6.45, 7) is 4.92. The van der Waals surface area contributed by atoms with Crippen LogP contribution in [-0.4, -0.2) is 22.7 Å². The van der Waals surface area contributed by atoms with Gasteiger partial charge in [0.2, 0.25) is 0 Å². The minimum Gasteiger partial charge on any atom is -1.00 e. The first-order valence-electron chi connectivity index (χ1n) is 7.90. The average molecular weight is 338 g/mol. The van der Waals surface area contributed by atoms with Crippen molar-refractivity contribution < 1.29 is 22.0 Å². The fraction of sp³-hybridized carbons (Fsp3) is 0.444. The van der Waals surface area contributed by atoms with Crippen LogP contribution in [0.5, 0.6) is 0 Å². The number of nitrogens with zero attached hydrogens (tertiary/aromatic N) is 1. The maximum absolute atomic E-state index is 9.93. The van der Waals surface area contributed by atoms with Crippen LogP contribution in [0.2, 0.25) is 5.02 Å². The van der Waals surface area contributed by atoms with Crippen LogP contribution >= 0.6 is 11.6 Å². The smallest absolute Gasteiger partial charge is 0.105 e. The van der Waals surface area contributed by atoms with Gasteiger partial charge in [0.05, 0.1) is 19.7 Å². The molecule has 2 heterocycles.